The molecule has 5 nitrogen and oxygen atoms in total. The molecule has 1 saturated heterocycles. The topological polar surface area (TPSA) is 44.3 Å². The molecule has 5 heteroatoms. The Balaban J connectivity index is 1.88. The molecule has 1 fully saturated rings. The minimum absolute atomic E-state index is 0.935. The number of aromatic nitrogens is 2. The summed E-state index contributed by atoms with van der Waals surface area (Å²) >= 11 is 0. The van der Waals surface area contributed by atoms with E-state index in [9.17, 15) is 0 Å². The van der Waals surface area contributed by atoms with Gasteiger partial charge < -0.3 is 15.1 Å². The first-order valence-corrected chi connectivity index (χ1v) is 7.24. The van der Waals surface area contributed by atoms with E-state index in [2.05, 4.69) is 29.1 Å². The molecule has 0 atom stereocenters. The second kappa shape index (κ2) is 5.43. The van der Waals surface area contributed by atoms with Gasteiger partial charge in [0, 0.05) is 50.4 Å². The fraction of sp³-hybridized carbons (Fsp3) is 0.714. The van der Waals surface area contributed by atoms with Crippen molar-refractivity contribution in [1.82, 2.24) is 20.2 Å². The van der Waals surface area contributed by atoms with E-state index in [1.54, 1.807) is 0 Å². The van der Waals surface area contributed by atoms with E-state index in [4.69, 9.17) is 9.97 Å². The molecule has 0 aliphatic carbocycles. The zero-order chi connectivity index (χ0) is 13.2. The van der Waals surface area contributed by atoms with E-state index in [1.165, 1.54) is 17.7 Å². The van der Waals surface area contributed by atoms with Crippen LogP contribution in [0.1, 0.15) is 23.4 Å². The fourth-order valence-corrected chi connectivity index (χ4v) is 2.88. The number of nitrogens with zero attached hydrogens (tertiary/aromatic N) is 4. The number of fused-ring (bicyclic) bond motifs is 1. The maximum atomic E-state index is 4.83. The van der Waals surface area contributed by atoms with Crippen LogP contribution in [0.2, 0.25) is 0 Å². The lowest BCUT2D eigenvalue weighted by Gasteiger charge is -2.27. The summed E-state index contributed by atoms with van der Waals surface area (Å²) in [7, 11) is 2.16. The van der Waals surface area contributed by atoms with Gasteiger partial charge in [0.25, 0.3) is 0 Å². The van der Waals surface area contributed by atoms with Crippen LogP contribution in [0, 0.1) is 6.92 Å². The van der Waals surface area contributed by atoms with Crippen molar-refractivity contribution in [2.24, 2.45) is 0 Å². The molecule has 2 aliphatic heterocycles. The predicted octanol–water partition coefficient (Wildman–Crippen LogP) is 0.573. The van der Waals surface area contributed by atoms with Crippen molar-refractivity contribution >= 4 is 5.95 Å². The van der Waals surface area contributed by atoms with Crippen molar-refractivity contribution in [1.29, 1.82) is 0 Å². The third-order valence-electron chi connectivity index (χ3n) is 4.07. The second-order valence-corrected chi connectivity index (χ2v) is 5.61. The van der Waals surface area contributed by atoms with Crippen LogP contribution in [0.15, 0.2) is 0 Å². The molecular formula is C14H23N5. The normalized spacial score (nSPS) is 21.1. The van der Waals surface area contributed by atoms with E-state index < -0.39 is 0 Å². The third-order valence-corrected chi connectivity index (χ3v) is 4.07. The molecule has 0 amide bonds. The molecule has 0 bridgehead atoms. The second-order valence-electron chi connectivity index (χ2n) is 5.61. The highest BCUT2D eigenvalue weighted by atomic mass is 15.3. The summed E-state index contributed by atoms with van der Waals surface area (Å²) in [5.74, 6) is 0.935. The van der Waals surface area contributed by atoms with Gasteiger partial charge in [0.2, 0.25) is 5.95 Å². The maximum absolute atomic E-state index is 4.83. The van der Waals surface area contributed by atoms with E-state index >= 15 is 0 Å². The standard InChI is InChI=1S/C14H23N5/c1-11-12-10-18(2)8-4-13(12)17-14(16-11)19-7-3-5-15-6-9-19/h15H,3-10H2,1-2H3. The molecule has 1 N–H and O–H groups in total. The highest BCUT2D eigenvalue weighted by Crippen LogP contribution is 2.22. The van der Waals surface area contributed by atoms with Crippen molar-refractivity contribution in [3.05, 3.63) is 17.0 Å². The number of likely N-dealkylation sites (N-methyl/N-ethyl adjacent to an activating group) is 1. The van der Waals surface area contributed by atoms with Gasteiger partial charge in [-0.3, -0.25) is 0 Å². The van der Waals surface area contributed by atoms with Crippen LogP contribution in [0.4, 0.5) is 5.95 Å². The molecule has 0 spiro atoms. The summed E-state index contributed by atoms with van der Waals surface area (Å²) in [6.45, 7) is 8.42. The average Bonchev–Trinajstić information content (AvgIpc) is 2.68. The molecule has 0 aromatic carbocycles. The first-order valence-electron chi connectivity index (χ1n) is 7.24. The zero-order valence-electron chi connectivity index (χ0n) is 11.9. The fourth-order valence-electron chi connectivity index (χ4n) is 2.88. The molecule has 1 aromatic heterocycles. The quantitative estimate of drug-likeness (QED) is 0.801. The van der Waals surface area contributed by atoms with Crippen molar-refractivity contribution in [3.63, 3.8) is 0 Å². The molecule has 19 heavy (non-hydrogen) atoms. The maximum Gasteiger partial charge on any atom is 0.225 e. The first-order chi connectivity index (χ1) is 9.24. The van der Waals surface area contributed by atoms with Crippen LogP contribution < -0.4 is 10.2 Å². The van der Waals surface area contributed by atoms with Gasteiger partial charge in [-0.1, -0.05) is 0 Å². The van der Waals surface area contributed by atoms with Crippen LogP contribution in [0.25, 0.3) is 0 Å². The molecule has 104 valence electrons. The Morgan fingerprint density at radius 1 is 1.11 bits per heavy atom. The van der Waals surface area contributed by atoms with Crippen LogP contribution in [0.5, 0.6) is 0 Å². The number of nitrogens with one attached hydrogen (secondary N) is 1. The number of aryl methyl sites for hydroxylation is 1. The first kappa shape index (κ1) is 12.8. The van der Waals surface area contributed by atoms with E-state index in [0.29, 0.717) is 0 Å². The summed E-state index contributed by atoms with van der Waals surface area (Å²) < 4.78 is 0. The lowest BCUT2D eigenvalue weighted by molar-refractivity contribution is 0.308. The summed E-state index contributed by atoms with van der Waals surface area (Å²) in [5.41, 5.74) is 3.76. The number of hydrogen-bond donors (Lipinski definition) is 1. The van der Waals surface area contributed by atoms with E-state index in [1.807, 2.05) is 0 Å². The Morgan fingerprint density at radius 3 is 2.89 bits per heavy atom. The molecule has 0 saturated carbocycles. The van der Waals surface area contributed by atoms with Gasteiger partial charge in [0.15, 0.2) is 0 Å². The molecule has 0 unspecified atom stereocenters. The van der Waals surface area contributed by atoms with Gasteiger partial charge in [-0.05, 0) is 26.9 Å². The minimum atomic E-state index is 0.935. The Labute approximate surface area is 115 Å². The Morgan fingerprint density at radius 2 is 2.00 bits per heavy atom. The van der Waals surface area contributed by atoms with Crippen molar-refractivity contribution < 1.29 is 0 Å². The van der Waals surface area contributed by atoms with E-state index in [0.717, 1.165) is 57.3 Å². The van der Waals surface area contributed by atoms with Crippen LogP contribution in [0.3, 0.4) is 0 Å². The van der Waals surface area contributed by atoms with Crippen LogP contribution in [-0.2, 0) is 13.0 Å². The van der Waals surface area contributed by atoms with Gasteiger partial charge in [-0.15, -0.1) is 0 Å². The highest BCUT2D eigenvalue weighted by molar-refractivity contribution is 5.38. The Bertz CT molecular complexity index is 451. The largest absolute Gasteiger partial charge is 0.339 e. The monoisotopic (exact) mass is 261 g/mol. The van der Waals surface area contributed by atoms with Gasteiger partial charge in [0.05, 0.1) is 5.69 Å². The van der Waals surface area contributed by atoms with Crippen LogP contribution >= 0.6 is 0 Å². The van der Waals surface area contributed by atoms with E-state index in [-0.39, 0.29) is 0 Å². The van der Waals surface area contributed by atoms with Crippen molar-refractivity contribution in [2.75, 3.05) is 44.7 Å². The smallest absolute Gasteiger partial charge is 0.225 e. The Hall–Kier alpha value is -1.20. The minimum Gasteiger partial charge on any atom is -0.339 e. The van der Waals surface area contributed by atoms with Crippen molar-refractivity contribution in [2.45, 2.75) is 26.3 Å². The molecule has 2 aliphatic rings. The number of rotatable bonds is 1. The van der Waals surface area contributed by atoms with Gasteiger partial charge in [0.1, 0.15) is 0 Å². The molecule has 1 aromatic rings. The van der Waals surface area contributed by atoms with Crippen molar-refractivity contribution in [3.8, 4) is 0 Å². The average molecular weight is 261 g/mol. The predicted molar refractivity (Wildman–Crippen MR) is 76.5 cm³/mol. The van der Waals surface area contributed by atoms with Gasteiger partial charge >= 0.3 is 0 Å². The SMILES string of the molecule is Cc1nc(N2CCCNCC2)nc2c1CN(C)CC2. The summed E-state index contributed by atoms with van der Waals surface area (Å²) in [4.78, 5) is 14.2. The zero-order valence-corrected chi connectivity index (χ0v) is 11.9. The third kappa shape index (κ3) is 2.72. The molecule has 0 radical (unpaired) electrons. The number of anilines is 1. The Kier molecular flexibility index (Phi) is 3.66. The van der Waals surface area contributed by atoms with Gasteiger partial charge in [-0.2, -0.15) is 0 Å². The summed E-state index contributed by atoms with van der Waals surface area (Å²) in [6.07, 6.45) is 2.22. The molecule has 3 rings (SSSR count). The lowest BCUT2D eigenvalue weighted by atomic mass is 10.1. The number of hydrogen-bond acceptors (Lipinski definition) is 5. The van der Waals surface area contributed by atoms with Crippen LogP contribution in [-0.4, -0.2) is 54.6 Å². The molecular weight excluding hydrogens is 238 g/mol. The van der Waals surface area contributed by atoms with Gasteiger partial charge in [-0.25, -0.2) is 9.97 Å². The summed E-state index contributed by atoms with van der Waals surface area (Å²) in [5, 5.41) is 3.43. The lowest BCUT2D eigenvalue weighted by Crippen LogP contribution is -2.32. The molecule has 3 heterocycles. The highest BCUT2D eigenvalue weighted by Gasteiger charge is 2.20. The summed E-state index contributed by atoms with van der Waals surface area (Å²) in [6, 6.07) is 0.